The summed E-state index contributed by atoms with van der Waals surface area (Å²) >= 11 is 0. The molecule has 0 aliphatic carbocycles. The minimum atomic E-state index is -0.204. The van der Waals surface area contributed by atoms with E-state index in [2.05, 4.69) is 5.32 Å². The standard InChI is InChI=1S/C17H21N3O2/c1-22-16-11-6-5-10-15(16)19-17(21)20(13-7-12-18)14-8-3-2-4-9-14/h2-6,8-11H,7,12-13,18H2,1H3,(H,19,21). The van der Waals surface area contributed by atoms with Gasteiger partial charge in [-0.15, -0.1) is 0 Å². The van der Waals surface area contributed by atoms with Crippen LogP contribution in [0.25, 0.3) is 0 Å². The van der Waals surface area contributed by atoms with Gasteiger partial charge in [0.2, 0.25) is 0 Å². The molecule has 22 heavy (non-hydrogen) atoms. The van der Waals surface area contributed by atoms with Crippen LogP contribution in [0.1, 0.15) is 6.42 Å². The highest BCUT2D eigenvalue weighted by Crippen LogP contribution is 2.24. The van der Waals surface area contributed by atoms with E-state index in [1.807, 2.05) is 54.6 Å². The number of anilines is 2. The molecule has 5 heteroatoms. The molecule has 0 unspecified atom stereocenters. The largest absolute Gasteiger partial charge is 0.495 e. The van der Waals surface area contributed by atoms with Gasteiger partial charge in [0.15, 0.2) is 0 Å². The normalized spacial score (nSPS) is 10.1. The molecule has 0 atom stereocenters. The average Bonchev–Trinajstić information content (AvgIpc) is 2.56. The molecule has 0 aliphatic heterocycles. The third-order valence-electron chi connectivity index (χ3n) is 3.25. The van der Waals surface area contributed by atoms with Crippen LogP contribution in [0, 0.1) is 0 Å². The fraction of sp³-hybridized carbons (Fsp3) is 0.235. The van der Waals surface area contributed by atoms with Crippen molar-refractivity contribution in [3.63, 3.8) is 0 Å². The zero-order valence-electron chi connectivity index (χ0n) is 12.7. The lowest BCUT2D eigenvalue weighted by atomic mass is 10.2. The molecule has 0 heterocycles. The second-order valence-corrected chi connectivity index (χ2v) is 4.76. The maximum Gasteiger partial charge on any atom is 0.326 e. The summed E-state index contributed by atoms with van der Waals surface area (Å²) in [5, 5.41) is 2.89. The van der Waals surface area contributed by atoms with Crippen LogP contribution in [0.2, 0.25) is 0 Å². The maximum absolute atomic E-state index is 12.6. The molecule has 0 bridgehead atoms. The number of hydrogen-bond acceptors (Lipinski definition) is 3. The third-order valence-corrected chi connectivity index (χ3v) is 3.25. The maximum atomic E-state index is 12.6. The summed E-state index contributed by atoms with van der Waals surface area (Å²) < 4.78 is 5.26. The molecule has 2 aromatic rings. The van der Waals surface area contributed by atoms with Gasteiger partial charge in [0.25, 0.3) is 0 Å². The van der Waals surface area contributed by atoms with Gasteiger partial charge in [0.1, 0.15) is 5.75 Å². The van der Waals surface area contributed by atoms with Crippen molar-refractivity contribution in [2.24, 2.45) is 5.73 Å². The number of carbonyl (C=O) groups excluding carboxylic acids is 1. The van der Waals surface area contributed by atoms with E-state index in [-0.39, 0.29) is 6.03 Å². The van der Waals surface area contributed by atoms with E-state index in [0.717, 1.165) is 12.1 Å². The minimum absolute atomic E-state index is 0.204. The van der Waals surface area contributed by atoms with Crippen molar-refractivity contribution in [1.29, 1.82) is 0 Å². The first kappa shape index (κ1) is 15.9. The molecule has 0 radical (unpaired) electrons. The number of carbonyl (C=O) groups is 1. The highest BCUT2D eigenvalue weighted by Gasteiger charge is 2.16. The van der Waals surface area contributed by atoms with Gasteiger partial charge in [-0.3, -0.25) is 4.90 Å². The summed E-state index contributed by atoms with van der Waals surface area (Å²) in [5.41, 5.74) is 7.05. The molecule has 0 spiro atoms. The van der Waals surface area contributed by atoms with Crippen LogP contribution in [0.15, 0.2) is 54.6 Å². The van der Waals surface area contributed by atoms with Crippen LogP contribution in [0.4, 0.5) is 16.2 Å². The summed E-state index contributed by atoms with van der Waals surface area (Å²) in [7, 11) is 1.58. The Hall–Kier alpha value is -2.53. The van der Waals surface area contributed by atoms with Gasteiger partial charge in [-0.05, 0) is 37.2 Å². The number of methoxy groups -OCH3 is 1. The first-order chi connectivity index (χ1) is 10.8. The first-order valence-corrected chi connectivity index (χ1v) is 7.23. The summed E-state index contributed by atoms with van der Waals surface area (Å²) in [4.78, 5) is 14.3. The van der Waals surface area contributed by atoms with E-state index in [4.69, 9.17) is 10.5 Å². The summed E-state index contributed by atoms with van der Waals surface area (Å²) in [5.74, 6) is 0.627. The number of urea groups is 1. The molecule has 0 saturated heterocycles. The lowest BCUT2D eigenvalue weighted by molar-refractivity contribution is 0.256. The molecule has 2 rings (SSSR count). The lowest BCUT2D eigenvalue weighted by Gasteiger charge is -2.23. The smallest absolute Gasteiger partial charge is 0.326 e. The van der Waals surface area contributed by atoms with Crippen LogP contribution >= 0.6 is 0 Å². The van der Waals surface area contributed by atoms with Crippen molar-refractivity contribution in [2.45, 2.75) is 6.42 Å². The van der Waals surface area contributed by atoms with Gasteiger partial charge >= 0.3 is 6.03 Å². The number of ether oxygens (including phenoxy) is 1. The van der Waals surface area contributed by atoms with E-state index in [0.29, 0.717) is 24.5 Å². The molecule has 0 saturated carbocycles. The number of rotatable bonds is 6. The number of amides is 2. The summed E-state index contributed by atoms with van der Waals surface area (Å²) in [6, 6.07) is 16.7. The summed E-state index contributed by atoms with van der Waals surface area (Å²) in [6.07, 6.45) is 0.730. The van der Waals surface area contributed by atoms with Crippen molar-refractivity contribution >= 4 is 17.4 Å². The Bertz CT molecular complexity index is 602. The highest BCUT2D eigenvalue weighted by atomic mass is 16.5. The van der Waals surface area contributed by atoms with Crippen molar-refractivity contribution in [1.82, 2.24) is 0 Å². The van der Waals surface area contributed by atoms with Crippen LogP contribution < -0.4 is 20.7 Å². The Labute approximate surface area is 130 Å². The quantitative estimate of drug-likeness (QED) is 0.861. The van der Waals surface area contributed by atoms with Gasteiger partial charge in [-0.25, -0.2) is 4.79 Å². The van der Waals surface area contributed by atoms with E-state index in [1.54, 1.807) is 12.0 Å². The molecule has 2 amide bonds. The van der Waals surface area contributed by atoms with Gasteiger partial charge < -0.3 is 15.8 Å². The third kappa shape index (κ3) is 3.99. The van der Waals surface area contributed by atoms with Crippen molar-refractivity contribution < 1.29 is 9.53 Å². The van der Waals surface area contributed by atoms with Crippen molar-refractivity contribution in [3.05, 3.63) is 54.6 Å². The molecule has 0 aliphatic rings. The fourth-order valence-electron chi connectivity index (χ4n) is 2.14. The number of nitrogens with zero attached hydrogens (tertiary/aromatic N) is 1. The Morgan fingerprint density at radius 2 is 1.82 bits per heavy atom. The summed E-state index contributed by atoms with van der Waals surface area (Å²) in [6.45, 7) is 1.09. The zero-order chi connectivity index (χ0) is 15.8. The Balaban J connectivity index is 2.18. The van der Waals surface area contributed by atoms with Gasteiger partial charge in [0, 0.05) is 12.2 Å². The molecule has 0 fully saturated rings. The van der Waals surface area contributed by atoms with Crippen LogP contribution in [0.3, 0.4) is 0 Å². The van der Waals surface area contributed by atoms with Crippen LogP contribution in [-0.4, -0.2) is 26.2 Å². The van der Waals surface area contributed by atoms with Gasteiger partial charge in [0.05, 0.1) is 12.8 Å². The predicted octanol–water partition coefficient (Wildman–Crippen LogP) is 3.08. The SMILES string of the molecule is COc1ccccc1NC(=O)N(CCCN)c1ccccc1. The average molecular weight is 299 g/mol. The number of nitrogens with one attached hydrogen (secondary N) is 1. The Morgan fingerprint density at radius 3 is 2.50 bits per heavy atom. The second kappa shape index (κ2) is 8.05. The fourth-order valence-corrected chi connectivity index (χ4v) is 2.14. The molecular formula is C17H21N3O2. The Kier molecular flexibility index (Phi) is 5.80. The zero-order valence-corrected chi connectivity index (χ0v) is 12.7. The van der Waals surface area contributed by atoms with Gasteiger partial charge in [-0.2, -0.15) is 0 Å². The number of para-hydroxylation sites is 3. The monoisotopic (exact) mass is 299 g/mol. The predicted molar refractivity (Wildman–Crippen MR) is 89.5 cm³/mol. The van der Waals surface area contributed by atoms with E-state index < -0.39 is 0 Å². The number of nitrogens with two attached hydrogens (primary N) is 1. The molecule has 116 valence electrons. The van der Waals surface area contributed by atoms with Crippen molar-refractivity contribution in [3.8, 4) is 5.75 Å². The molecule has 3 N–H and O–H groups in total. The van der Waals surface area contributed by atoms with E-state index in [1.165, 1.54) is 0 Å². The molecule has 5 nitrogen and oxygen atoms in total. The first-order valence-electron chi connectivity index (χ1n) is 7.23. The van der Waals surface area contributed by atoms with Gasteiger partial charge in [-0.1, -0.05) is 30.3 Å². The van der Waals surface area contributed by atoms with E-state index >= 15 is 0 Å². The second-order valence-electron chi connectivity index (χ2n) is 4.76. The topological polar surface area (TPSA) is 67.6 Å². The molecule has 2 aromatic carbocycles. The number of benzene rings is 2. The lowest BCUT2D eigenvalue weighted by Crippen LogP contribution is -2.36. The van der Waals surface area contributed by atoms with Crippen molar-refractivity contribution in [2.75, 3.05) is 30.4 Å². The Morgan fingerprint density at radius 1 is 1.14 bits per heavy atom. The van der Waals surface area contributed by atoms with Crippen LogP contribution in [-0.2, 0) is 0 Å². The molecule has 0 aromatic heterocycles. The number of hydrogen-bond donors (Lipinski definition) is 2. The minimum Gasteiger partial charge on any atom is -0.495 e. The van der Waals surface area contributed by atoms with Crippen LogP contribution in [0.5, 0.6) is 5.75 Å². The molecular weight excluding hydrogens is 278 g/mol. The van der Waals surface area contributed by atoms with E-state index in [9.17, 15) is 4.79 Å². The highest BCUT2D eigenvalue weighted by molar-refractivity contribution is 6.02.